The van der Waals surface area contributed by atoms with Crippen molar-refractivity contribution in [2.75, 3.05) is 13.2 Å². The Kier molecular flexibility index (Phi) is 5.65. The van der Waals surface area contributed by atoms with E-state index in [2.05, 4.69) is 0 Å². The van der Waals surface area contributed by atoms with Gasteiger partial charge in [-0.25, -0.2) is 4.79 Å². The number of carbonyl (C=O) groups is 1. The molecule has 88 valence electrons. The maximum absolute atomic E-state index is 11.0. The minimum atomic E-state index is -0.893. The van der Waals surface area contributed by atoms with Crippen LogP contribution in [0.5, 0.6) is 0 Å². The van der Waals surface area contributed by atoms with E-state index < -0.39 is 12.1 Å². The van der Waals surface area contributed by atoms with Crippen LogP contribution in [0.25, 0.3) is 0 Å². The smallest absolute Gasteiger partial charge is 0.333 e. The molecule has 1 unspecified atom stereocenters. The molecule has 15 heavy (non-hydrogen) atoms. The third-order valence-corrected chi connectivity index (χ3v) is 2.96. The lowest BCUT2D eigenvalue weighted by molar-refractivity contribution is -0.155. The summed E-state index contributed by atoms with van der Waals surface area (Å²) < 4.78 is 5.20. The summed E-state index contributed by atoms with van der Waals surface area (Å²) in [7, 11) is 0. The van der Waals surface area contributed by atoms with Crippen LogP contribution in [0.15, 0.2) is 0 Å². The summed E-state index contributed by atoms with van der Waals surface area (Å²) >= 11 is 0. The Morgan fingerprint density at radius 3 is 2.33 bits per heavy atom. The topological polar surface area (TPSA) is 66.8 Å². The maximum Gasteiger partial charge on any atom is 0.333 e. The molecule has 0 radical (unpaired) electrons. The van der Waals surface area contributed by atoms with E-state index in [1.54, 1.807) is 0 Å². The first kappa shape index (κ1) is 12.5. The minimum absolute atomic E-state index is 0.115. The van der Waals surface area contributed by atoms with Crippen molar-refractivity contribution in [3.63, 3.8) is 0 Å². The van der Waals surface area contributed by atoms with Gasteiger partial charge in [-0.15, -0.1) is 0 Å². The van der Waals surface area contributed by atoms with Crippen molar-refractivity contribution in [2.24, 2.45) is 5.92 Å². The third kappa shape index (κ3) is 4.18. The molecule has 0 aromatic carbocycles. The van der Waals surface area contributed by atoms with E-state index in [0.717, 1.165) is 25.7 Å². The summed E-state index contributed by atoms with van der Waals surface area (Å²) in [4.78, 5) is 11.0. The van der Waals surface area contributed by atoms with Crippen LogP contribution >= 0.6 is 0 Å². The normalized spacial score (nSPS) is 20.9. The second kappa shape index (κ2) is 6.80. The Morgan fingerprint density at radius 1 is 1.27 bits per heavy atom. The summed E-state index contributed by atoms with van der Waals surface area (Å²) in [6, 6.07) is 0. The Labute approximate surface area is 90.2 Å². The number of hydrogen-bond donors (Lipinski definition) is 2. The molecule has 0 amide bonds. The Hall–Kier alpha value is -0.610. The maximum atomic E-state index is 11.0. The highest BCUT2D eigenvalue weighted by molar-refractivity contribution is 5.72. The summed E-state index contributed by atoms with van der Waals surface area (Å²) in [6.45, 7) is 0.00394. The van der Waals surface area contributed by atoms with Crippen molar-refractivity contribution in [1.29, 1.82) is 0 Å². The molecule has 0 aliphatic heterocycles. The predicted octanol–water partition coefficient (Wildman–Crippen LogP) is 1.42. The van der Waals surface area contributed by atoms with Gasteiger partial charge in [0.15, 0.2) is 6.10 Å². The fraction of sp³-hybridized carbons (Fsp3) is 0.909. The van der Waals surface area contributed by atoms with Gasteiger partial charge in [0.25, 0.3) is 0 Å². The van der Waals surface area contributed by atoms with Crippen molar-refractivity contribution in [3.8, 4) is 0 Å². The van der Waals surface area contributed by atoms with Crippen LogP contribution in [0, 0.1) is 5.92 Å². The van der Waals surface area contributed by atoms with Crippen LogP contribution in [0.2, 0.25) is 0 Å². The Bertz CT molecular complexity index is 185. The fourth-order valence-electron chi connectivity index (χ4n) is 2.20. The van der Waals surface area contributed by atoms with Gasteiger partial charge in [-0.05, 0) is 18.8 Å². The predicted molar refractivity (Wildman–Crippen MR) is 55.7 cm³/mol. The fourth-order valence-corrected chi connectivity index (χ4v) is 2.20. The lowest BCUT2D eigenvalue weighted by Gasteiger charge is -2.22. The first-order chi connectivity index (χ1) is 7.25. The van der Waals surface area contributed by atoms with Crippen LogP contribution in [-0.2, 0) is 9.53 Å². The quantitative estimate of drug-likeness (QED) is 0.682. The molecule has 2 N–H and O–H groups in total. The van der Waals surface area contributed by atoms with E-state index in [4.69, 9.17) is 14.9 Å². The molecule has 0 spiro atoms. The van der Waals surface area contributed by atoms with E-state index in [0.29, 0.717) is 0 Å². The summed E-state index contributed by atoms with van der Waals surface area (Å²) in [5, 5.41) is 17.7. The lowest BCUT2D eigenvalue weighted by Crippen LogP contribution is -2.33. The number of carboxylic acid groups (broad SMARTS) is 1. The largest absolute Gasteiger partial charge is 0.479 e. The zero-order valence-electron chi connectivity index (χ0n) is 9.02. The first-order valence-electron chi connectivity index (χ1n) is 5.71. The average molecular weight is 216 g/mol. The van der Waals surface area contributed by atoms with Gasteiger partial charge in [0.05, 0.1) is 13.2 Å². The molecule has 0 saturated heterocycles. The number of aliphatic carboxylic acids is 1. The highest BCUT2D eigenvalue weighted by Crippen LogP contribution is 2.27. The van der Waals surface area contributed by atoms with Gasteiger partial charge in [-0.1, -0.05) is 25.7 Å². The lowest BCUT2D eigenvalue weighted by atomic mass is 9.94. The monoisotopic (exact) mass is 216 g/mol. The molecule has 0 bridgehead atoms. The molecule has 1 aliphatic carbocycles. The van der Waals surface area contributed by atoms with Crippen molar-refractivity contribution in [2.45, 2.75) is 44.6 Å². The van der Waals surface area contributed by atoms with Gasteiger partial charge in [-0.2, -0.15) is 0 Å². The van der Waals surface area contributed by atoms with Crippen molar-refractivity contribution in [1.82, 2.24) is 0 Å². The Balaban J connectivity index is 2.48. The van der Waals surface area contributed by atoms with Crippen molar-refractivity contribution >= 4 is 5.97 Å². The average Bonchev–Trinajstić information content (AvgIpc) is 2.47. The molecular formula is C11H20O4. The second-order valence-corrected chi connectivity index (χ2v) is 4.10. The standard InChI is InChI=1S/C11H20O4/c12-7-8-15-10(11(13)14)9-5-3-1-2-4-6-9/h9-10,12H,1-8H2,(H,13,14). The van der Waals surface area contributed by atoms with E-state index >= 15 is 0 Å². The van der Waals surface area contributed by atoms with Gasteiger partial charge in [0.2, 0.25) is 0 Å². The zero-order chi connectivity index (χ0) is 11.1. The summed E-state index contributed by atoms with van der Waals surface area (Å²) in [5.74, 6) is -0.771. The number of carboxylic acids is 1. The first-order valence-corrected chi connectivity index (χ1v) is 5.71. The molecule has 4 nitrogen and oxygen atoms in total. The highest BCUT2D eigenvalue weighted by Gasteiger charge is 2.29. The van der Waals surface area contributed by atoms with Gasteiger partial charge in [-0.3, -0.25) is 0 Å². The van der Waals surface area contributed by atoms with E-state index in [1.807, 2.05) is 0 Å². The molecule has 0 heterocycles. The summed E-state index contributed by atoms with van der Waals surface area (Å²) in [6.07, 6.45) is 5.72. The van der Waals surface area contributed by atoms with Crippen molar-refractivity contribution < 1.29 is 19.7 Å². The molecule has 1 aliphatic rings. The number of hydrogen-bond acceptors (Lipinski definition) is 3. The number of ether oxygens (including phenoxy) is 1. The molecule has 4 heteroatoms. The molecule has 0 aromatic rings. The molecule has 1 fully saturated rings. The number of rotatable bonds is 5. The zero-order valence-corrected chi connectivity index (χ0v) is 9.02. The number of aliphatic hydroxyl groups excluding tert-OH is 1. The highest BCUT2D eigenvalue weighted by atomic mass is 16.5. The van der Waals surface area contributed by atoms with E-state index in [1.165, 1.54) is 12.8 Å². The van der Waals surface area contributed by atoms with Gasteiger partial charge in [0.1, 0.15) is 0 Å². The SMILES string of the molecule is O=C(O)C(OCCO)C1CCCCCC1. The third-order valence-electron chi connectivity index (χ3n) is 2.96. The van der Waals surface area contributed by atoms with Crippen LogP contribution in [-0.4, -0.2) is 35.5 Å². The Morgan fingerprint density at radius 2 is 1.87 bits per heavy atom. The summed E-state index contributed by atoms with van der Waals surface area (Å²) in [5.41, 5.74) is 0. The van der Waals surface area contributed by atoms with Crippen molar-refractivity contribution in [3.05, 3.63) is 0 Å². The van der Waals surface area contributed by atoms with Crippen LogP contribution < -0.4 is 0 Å². The number of aliphatic hydroxyl groups is 1. The molecule has 0 aromatic heterocycles. The van der Waals surface area contributed by atoms with Gasteiger partial charge < -0.3 is 14.9 Å². The van der Waals surface area contributed by atoms with E-state index in [-0.39, 0.29) is 19.1 Å². The molecular weight excluding hydrogens is 196 g/mol. The minimum Gasteiger partial charge on any atom is -0.479 e. The van der Waals surface area contributed by atoms with Gasteiger partial charge in [0, 0.05) is 0 Å². The van der Waals surface area contributed by atoms with Gasteiger partial charge >= 0.3 is 5.97 Å². The molecule has 1 saturated carbocycles. The molecule has 1 atom stereocenters. The second-order valence-electron chi connectivity index (χ2n) is 4.10. The van der Waals surface area contributed by atoms with E-state index in [9.17, 15) is 4.79 Å². The van der Waals surface area contributed by atoms with Crippen LogP contribution in [0.3, 0.4) is 0 Å². The van der Waals surface area contributed by atoms with Crippen LogP contribution in [0.4, 0.5) is 0 Å². The molecule has 1 rings (SSSR count). The van der Waals surface area contributed by atoms with Crippen LogP contribution in [0.1, 0.15) is 38.5 Å².